The molecule has 114 valence electrons. The molecule has 1 aromatic rings. The van der Waals surface area contributed by atoms with Crippen LogP contribution in [0.5, 0.6) is 0 Å². The van der Waals surface area contributed by atoms with Crippen LogP contribution in [0.2, 0.25) is 0 Å². The van der Waals surface area contributed by atoms with Gasteiger partial charge in [-0.1, -0.05) is 29.8 Å². The third-order valence-electron chi connectivity index (χ3n) is 4.54. The summed E-state index contributed by atoms with van der Waals surface area (Å²) >= 11 is 0. The van der Waals surface area contributed by atoms with E-state index in [1.165, 1.54) is 0 Å². The van der Waals surface area contributed by atoms with Crippen molar-refractivity contribution in [2.75, 3.05) is 20.1 Å². The van der Waals surface area contributed by atoms with E-state index in [0.717, 1.165) is 24.1 Å². The van der Waals surface area contributed by atoms with Gasteiger partial charge in [0.1, 0.15) is 0 Å². The molecule has 1 heterocycles. The predicted octanol–water partition coefficient (Wildman–Crippen LogP) is 2.02. The van der Waals surface area contributed by atoms with Gasteiger partial charge in [-0.15, -0.1) is 0 Å². The Hall–Kier alpha value is -1.68. The zero-order valence-corrected chi connectivity index (χ0v) is 13.3. The van der Waals surface area contributed by atoms with Gasteiger partial charge >= 0.3 is 0 Å². The van der Waals surface area contributed by atoms with E-state index in [1.807, 2.05) is 45.0 Å². The molecule has 0 radical (unpaired) electrons. The molecular formula is C17H24N2O2. The van der Waals surface area contributed by atoms with Gasteiger partial charge in [-0.2, -0.15) is 0 Å². The van der Waals surface area contributed by atoms with Crippen molar-refractivity contribution in [2.45, 2.75) is 33.2 Å². The summed E-state index contributed by atoms with van der Waals surface area (Å²) in [7, 11) is 1.66. The lowest BCUT2D eigenvalue weighted by atomic mass is 9.89. The molecule has 1 aliphatic heterocycles. The topological polar surface area (TPSA) is 49.4 Å². The van der Waals surface area contributed by atoms with E-state index in [1.54, 1.807) is 7.05 Å². The summed E-state index contributed by atoms with van der Waals surface area (Å²) < 4.78 is 0. The maximum absolute atomic E-state index is 12.6. The summed E-state index contributed by atoms with van der Waals surface area (Å²) in [6.07, 6.45) is 0.790. The Morgan fingerprint density at radius 2 is 1.90 bits per heavy atom. The number of benzene rings is 1. The lowest BCUT2D eigenvalue weighted by Gasteiger charge is -2.26. The van der Waals surface area contributed by atoms with Crippen LogP contribution in [0.25, 0.3) is 0 Å². The van der Waals surface area contributed by atoms with E-state index >= 15 is 0 Å². The predicted molar refractivity (Wildman–Crippen MR) is 83.3 cm³/mol. The Kier molecular flexibility index (Phi) is 4.47. The molecule has 1 N–H and O–H groups in total. The minimum atomic E-state index is -0.392. The lowest BCUT2D eigenvalue weighted by molar-refractivity contribution is -0.129. The van der Waals surface area contributed by atoms with E-state index in [0.29, 0.717) is 6.54 Å². The van der Waals surface area contributed by atoms with E-state index in [-0.39, 0.29) is 17.7 Å². The van der Waals surface area contributed by atoms with Crippen LogP contribution in [0.15, 0.2) is 24.3 Å². The zero-order chi connectivity index (χ0) is 15.6. The molecular weight excluding hydrogens is 264 g/mol. The number of hydrogen-bond acceptors (Lipinski definition) is 3. The van der Waals surface area contributed by atoms with Gasteiger partial charge < -0.3 is 5.32 Å². The number of nitrogens with zero attached hydrogens (tertiary/aromatic N) is 1. The third-order valence-corrected chi connectivity index (χ3v) is 4.54. The molecule has 2 rings (SSSR count). The third kappa shape index (κ3) is 3.16. The summed E-state index contributed by atoms with van der Waals surface area (Å²) in [4.78, 5) is 26.6. The van der Waals surface area contributed by atoms with Gasteiger partial charge in [-0.3, -0.25) is 14.5 Å². The number of ketones is 1. The van der Waals surface area contributed by atoms with Crippen LogP contribution >= 0.6 is 0 Å². The van der Waals surface area contributed by atoms with Crippen LogP contribution in [-0.2, 0) is 4.79 Å². The molecule has 0 aliphatic carbocycles. The van der Waals surface area contributed by atoms with Crippen LogP contribution in [0, 0.1) is 12.3 Å². The second-order valence-corrected chi connectivity index (χ2v) is 6.27. The van der Waals surface area contributed by atoms with Crippen LogP contribution in [0.1, 0.15) is 36.2 Å². The van der Waals surface area contributed by atoms with Gasteiger partial charge in [0.05, 0.1) is 11.5 Å². The standard InChI is InChI=1S/C17H24N2O2/c1-12-5-7-14(8-6-12)15(20)13(2)19-10-9-17(3,11-19)16(21)18-4/h5-8,13H,9-11H2,1-4H3,(H,18,21). The lowest BCUT2D eigenvalue weighted by Crippen LogP contribution is -2.43. The fourth-order valence-electron chi connectivity index (χ4n) is 2.94. The summed E-state index contributed by atoms with van der Waals surface area (Å²) in [6, 6.07) is 7.47. The number of nitrogens with one attached hydrogen (secondary N) is 1. The van der Waals surface area contributed by atoms with Crippen molar-refractivity contribution in [3.05, 3.63) is 35.4 Å². The van der Waals surface area contributed by atoms with Crippen LogP contribution < -0.4 is 5.32 Å². The second kappa shape index (κ2) is 5.98. The quantitative estimate of drug-likeness (QED) is 0.862. The van der Waals surface area contributed by atoms with Gasteiger partial charge in [-0.05, 0) is 33.7 Å². The van der Waals surface area contributed by atoms with E-state index in [9.17, 15) is 9.59 Å². The molecule has 0 spiro atoms. The monoisotopic (exact) mass is 288 g/mol. The summed E-state index contributed by atoms with van der Waals surface area (Å²) in [5.74, 6) is 0.177. The van der Waals surface area contributed by atoms with Crippen molar-refractivity contribution in [3.8, 4) is 0 Å². The summed E-state index contributed by atoms with van der Waals surface area (Å²) in [6.45, 7) is 7.31. The molecule has 1 amide bonds. The van der Waals surface area contributed by atoms with Crippen molar-refractivity contribution < 1.29 is 9.59 Å². The number of carbonyl (C=O) groups is 2. The molecule has 2 unspecified atom stereocenters. The molecule has 1 aromatic carbocycles. The van der Waals surface area contributed by atoms with Gasteiger partial charge in [0.2, 0.25) is 5.91 Å². The van der Waals surface area contributed by atoms with Gasteiger partial charge in [0, 0.05) is 19.2 Å². The molecule has 1 fully saturated rings. The first-order valence-corrected chi connectivity index (χ1v) is 7.44. The number of hydrogen-bond donors (Lipinski definition) is 1. The number of carbonyl (C=O) groups excluding carboxylic acids is 2. The molecule has 4 heteroatoms. The maximum Gasteiger partial charge on any atom is 0.227 e. The van der Waals surface area contributed by atoms with Crippen molar-refractivity contribution in [1.29, 1.82) is 0 Å². The number of rotatable bonds is 4. The normalized spacial score (nSPS) is 23.8. The average Bonchev–Trinajstić information content (AvgIpc) is 2.89. The number of likely N-dealkylation sites (tertiary alicyclic amines) is 1. The fraction of sp³-hybridized carbons (Fsp3) is 0.529. The highest BCUT2D eigenvalue weighted by Crippen LogP contribution is 2.31. The first-order chi connectivity index (χ1) is 9.87. The van der Waals surface area contributed by atoms with E-state index in [4.69, 9.17) is 0 Å². The number of Topliss-reactive ketones (excluding diaryl/α,β-unsaturated/α-hetero) is 1. The SMILES string of the molecule is CNC(=O)C1(C)CCN(C(C)C(=O)c2ccc(C)cc2)C1. The molecule has 4 nitrogen and oxygen atoms in total. The first kappa shape index (κ1) is 15.7. The summed E-state index contributed by atoms with van der Waals surface area (Å²) in [5, 5.41) is 2.72. The van der Waals surface area contributed by atoms with Crippen molar-refractivity contribution in [2.24, 2.45) is 5.41 Å². The fourth-order valence-corrected chi connectivity index (χ4v) is 2.94. The largest absolute Gasteiger partial charge is 0.359 e. The Balaban J connectivity index is 2.07. The molecule has 21 heavy (non-hydrogen) atoms. The molecule has 0 saturated carbocycles. The number of amides is 1. The minimum Gasteiger partial charge on any atom is -0.359 e. The Labute approximate surface area is 126 Å². The van der Waals surface area contributed by atoms with E-state index in [2.05, 4.69) is 10.2 Å². The summed E-state index contributed by atoms with van der Waals surface area (Å²) in [5.41, 5.74) is 1.49. The minimum absolute atomic E-state index is 0.0555. The maximum atomic E-state index is 12.6. The van der Waals surface area contributed by atoms with Crippen LogP contribution in [0.4, 0.5) is 0 Å². The number of aryl methyl sites for hydroxylation is 1. The van der Waals surface area contributed by atoms with Crippen LogP contribution in [0.3, 0.4) is 0 Å². The Morgan fingerprint density at radius 3 is 2.48 bits per heavy atom. The first-order valence-electron chi connectivity index (χ1n) is 7.44. The van der Waals surface area contributed by atoms with Crippen LogP contribution in [-0.4, -0.2) is 42.8 Å². The van der Waals surface area contributed by atoms with Crippen molar-refractivity contribution >= 4 is 11.7 Å². The van der Waals surface area contributed by atoms with Crippen molar-refractivity contribution in [3.63, 3.8) is 0 Å². The van der Waals surface area contributed by atoms with Gasteiger partial charge in [-0.25, -0.2) is 0 Å². The molecule has 1 aliphatic rings. The highest BCUT2D eigenvalue weighted by Gasteiger charge is 2.42. The van der Waals surface area contributed by atoms with Gasteiger partial charge in [0.15, 0.2) is 5.78 Å². The second-order valence-electron chi connectivity index (χ2n) is 6.27. The molecule has 0 bridgehead atoms. The van der Waals surface area contributed by atoms with Gasteiger partial charge in [0.25, 0.3) is 0 Å². The Morgan fingerprint density at radius 1 is 1.29 bits per heavy atom. The molecule has 2 atom stereocenters. The van der Waals surface area contributed by atoms with E-state index < -0.39 is 5.41 Å². The Bertz CT molecular complexity index is 538. The highest BCUT2D eigenvalue weighted by molar-refractivity contribution is 6.00. The molecule has 0 aromatic heterocycles. The highest BCUT2D eigenvalue weighted by atomic mass is 16.2. The smallest absolute Gasteiger partial charge is 0.227 e. The molecule has 1 saturated heterocycles. The van der Waals surface area contributed by atoms with Crippen molar-refractivity contribution in [1.82, 2.24) is 10.2 Å². The average molecular weight is 288 g/mol. The zero-order valence-electron chi connectivity index (χ0n) is 13.3.